The zero-order valence-electron chi connectivity index (χ0n) is 11.0. The molecule has 2 bridgehead atoms. The topological polar surface area (TPSA) is 20.3 Å². The van der Waals surface area contributed by atoms with Crippen LogP contribution in [0.3, 0.4) is 0 Å². The molecule has 2 heterocycles. The Morgan fingerprint density at radius 1 is 1.05 bits per heavy atom. The molecule has 0 aliphatic carbocycles. The fraction of sp³-hybridized carbons (Fsp3) is 0.533. The summed E-state index contributed by atoms with van der Waals surface area (Å²) in [5.74, 6) is 0.321. The van der Waals surface area contributed by atoms with Gasteiger partial charge in [-0.1, -0.05) is 12.1 Å². The van der Waals surface area contributed by atoms with Crippen LogP contribution < -0.4 is 0 Å². The molecule has 0 amide bonds. The molecule has 108 valence electrons. The SMILES string of the molecule is O=C1CC2CCC(C1)N2Cc1ccc(C(F)(F)F)cc1. The van der Waals surface area contributed by atoms with E-state index < -0.39 is 11.7 Å². The average molecular weight is 283 g/mol. The monoisotopic (exact) mass is 283 g/mol. The van der Waals surface area contributed by atoms with Gasteiger partial charge >= 0.3 is 6.18 Å². The molecule has 1 aromatic rings. The summed E-state index contributed by atoms with van der Waals surface area (Å²) in [5.41, 5.74) is 0.266. The van der Waals surface area contributed by atoms with Crippen molar-refractivity contribution >= 4 is 5.78 Å². The molecule has 0 saturated carbocycles. The number of fused-ring (bicyclic) bond motifs is 2. The fourth-order valence-corrected chi connectivity index (χ4v) is 3.33. The van der Waals surface area contributed by atoms with E-state index in [1.54, 1.807) is 12.1 Å². The van der Waals surface area contributed by atoms with E-state index in [0.717, 1.165) is 30.5 Å². The van der Waals surface area contributed by atoms with Crippen LogP contribution in [0.25, 0.3) is 0 Å². The van der Waals surface area contributed by atoms with Crippen LogP contribution in [-0.2, 0) is 17.5 Å². The predicted molar refractivity (Wildman–Crippen MR) is 68.0 cm³/mol. The number of halogens is 3. The van der Waals surface area contributed by atoms with Crippen molar-refractivity contribution in [3.63, 3.8) is 0 Å². The number of alkyl halides is 3. The van der Waals surface area contributed by atoms with Gasteiger partial charge in [0.2, 0.25) is 0 Å². The Hall–Kier alpha value is -1.36. The minimum Gasteiger partial charge on any atom is -0.300 e. The van der Waals surface area contributed by atoms with Crippen molar-refractivity contribution in [2.24, 2.45) is 0 Å². The molecule has 20 heavy (non-hydrogen) atoms. The van der Waals surface area contributed by atoms with Crippen molar-refractivity contribution in [3.8, 4) is 0 Å². The molecule has 2 unspecified atom stereocenters. The Kier molecular flexibility index (Phi) is 3.32. The van der Waals surface area contributed by atoms with E-state index in [4.69, 9.17) is 0 Å². The van der Waals surface area contributed by atoms with E-state index in [1.807, 2.05) is 0 Å². The molecule has 0 radical (unpaired) electrons. The quantitative estimate of drug-likeness (QED) is 0.829. The van der Waals surface area contributed by atoms with Gasteiger partial charge in [0, 0.05) is 31.5 Å². The number of hydrogen-bond donors (Lipinski definition) is 0. The molecule has 0 aromatic heterocycles. The van der Waals surface area contributed by atoms with E-state index in [1.165, 1.54) is 0 Å². The lowest BCUT2D eigenvalue weighted by atomic mass is 10.0. The summed E-state index contributed by atoms with van der Waals surface area (Å²) < 4.78 is 37.5. The van der Waals surface area contributed by atoms with Crippen LogP contribution in [0, 0.1) is 0 Å². The third-order valence-electron chi connectivity index (χ3n) is 4.34. The fourth-order valence-electron chi connectivity index (χ4n) is 3.33. The number of carbonyl (C=O) groups excluding carboxylic acids is 1. The summed E-state index contributed by atoms with van der Waals surface area (Å²) in [4.78, 5) is 13.8. The number of carbonyl (C=O) groups is 1. The molecule has 5 heteroatoms. The Bertz CT molecular complexity index is 493. The maximum Gasteiger partial charge on any atom is 0.416 e. The minimum absolute atomic E-state index is 0.281. The Balaban J connectivity index is 1.71. The molecule has 0 spiro atoms. The van der Waals surface area contributed by atoms with Crippen LogP contribution in [0.1, 0.15) is 36.8 Å². The molecule has 2 saturated heterocycles. The summed E-state index contributed by atoms with van der Waals surface area (Å²) in [7, 11) is 0. The largest absolute Gasteiger partial charge is 0.416 e. The number of nitrogens with zero attached hydrogens (tertiary/aromatic N) is 1. The minimum atomic E-state index is -4.28. The highest BCUT2D eigenvalue weighted by Crippen LogP contribution is 2.35. The lowest BCUT2D eigenvalue weighted by Crippen LogP contribution is -2.42. The van der Waals surface area contributed by atoms with Crippen molar-refractivity contribution in [3.05, 3.63) is 35.4 Å². The molecular weight excluding hydrogens is 267 g/mol. The molecular formula is C15H16F3NO. The second-order valence-corrected chi connectivity index (χ2v) is 5.70. The van der Waals surface area contributed by atoms with Crippen molar-refractivity contribution in [2.75, 3.05) is 0 Å². The second kappa shape index (κ2) is 4.88. The Morgan fingerprint density at radius 3 is 2.10 bits per heavy atom. The van der Waals surface area contributed by atoms with Gasteiger partial charge in [-0.2, -0.15) is 13.2 Å². The second-order valence-electron chi connectivity index (χ2n) is 5.70. The van der Waals surface area contributed by atoms with Gasteiger partial charge in [0.15, 0.2) is 0 Å². The molecule has 2 aliphatic rings. The number of piperidine rings is 1. The van der Waals surface area contributed by atoms with E-state index >= 15 is 0 Å². The molecule has 2 aliphatic heterocycles. The van der Waals surface area contributed by atoms with Crippen LogP contribution in [0.5, 0.6) is 0 Å². The molecule has 2 atom stereocenters. The molecule has 2 fully saturated rings. The summed E-state index contributed by atoms with van der Waals surface area (Å²) in [6.07, 6.45) is -1.04. The average Bonchev–Trinajstić information content (AvgIpc) is 2.62. The van der Waals surface area contributed by atoms with Crippen molar-refractivity contribution in [1.29, 1.82) is 0 Å². The number of ketones is 1. The van der Waals surface area contributed by atoms with E-state index in [-0.39, 0.29) is 12.1 Å². The summed E-state index contributed by atoms with van der Waals surface area (Å²) in [6, 6.07) is 5.91. The van der Waals surface area contributed by atoms with Crippen LogP contribution in [-0.4, -0.2) is 22.8 Å². The first-order valence-electron chi connectivity index (χ1n) is 6.87. The third kappa shape index (κ3) is 2.59. The zero-order chi connectivity index (χ0) is 14.3. The highest BCUT2D eigenvalue weighted by molar-refractivity contribution is 5.80. The number of benzene rings is 1. The van der Waals surface area contributed by atoms with Crippen molar-refractivity contribution in [1.82, 2.24) is 4.90 Å². The maximum absolute atomic E-state index is 12.5. The summed E-state index contributed by atoms with van der Waals surface area (Å²) >= 11 is 0. The Morgan fingerprint density at radius 2 is 1.60 bits per heavy atom. The Labute approximate surface area is 115 Å². The van der Waals surface area contributed by atoms with Gasteiger partial charge in [-0.05, 0) is 30.5 Å². The molecule has 0 N–H and O–H groups in total. The third-order valence-corrected chi connectivity index (χ3v) is 4.34. The number of rotatable bonds is 2. The zero-order valence-corrected chi connectivity index (χ0v) is 11.0. The molecule has 3 rings (SSSR count). The van der Waals surface area contributed by atoms with E-state index in [2.05, 4.69) is 4.90 Å². The lowest BCUT2D eigenvalue weighted by Gasteiger charge is -2.34. The van der Waals surface area contributed by atoms with Gasteiger partial charge in [-0.25, -0.2) is 0 Å². The van der Waals surface area contributed by atoms with Gasteiger partial charge in [0.1, 0.15) is 5.78 Å². The van der Waals surface area contributed by atoms with Crippen LogP contribution in [0.4, 0.5) is 13.2 Å². The maximum atomic E-state index is 12.5. The van der Waals surface area contributed by atoms with Crippen LogP contribution in [0.2, 0.25) is 0 Å². The van der Waals surface area contributed by atoms with Gasteiger partial charge in [-0.3, -0.25) is 9.69 Å². The van der Waals surface area contributed by atoms with Crippen molar-refractivity contribution < 1.29 is 18.0 Å². The van der Waals surface area contributed by atoms with E-state index in [0.29, 0.717) is 25.2 Å². The first-order chi connectivity index (χ1) is 9.43. The summed E-state index contributed by atoms with van der Waals surface area (Å²) in [5, 5.41) is 0. The highest BCUT2D eigenvalue weighted by atomic mass is 19.4. The van der Waals surface area contributed by atoms with Crippen LogP contribution >= 0.6 is 0 Å². The van der Waals surface area contributed by atoms with Gasteiger partial charge in [0.05, 0.1) is 5.56 Å². The first-order valence-corrected chi connectivity index (χ1v) is 6.87. The number of Topliss-reactive ketones (excluding diaryl/α,β-unsaturated/α-hetero) is 1. The van der Waals surface area contributed by atoms with Gasteiger partial charge in [-0.15, -0.1) is 0 Å². The number of hydrogen-bond acceptors (Lipinski definition) is 2. The first kappa shape index (κ1) is 13.6. The lowest BCUT2D eigenvalue weighted by molar-refractivity contribution is -0.137. The van der Waals surface area contributed by atoms with Gasteiger partial charge in [0.25, 0.3) is 0 Å². The predicted octanol–water partition coefficient (Wildman–Crippen LogP) is 3.40. The highest BCUT2D eigenvalue weighted by Gasteiger charge is 2.39. The van der Waals surface area contributed by atoms with Crippen LogP contribution in [0.15, 0.2) is 24.3 Å². The summed E-state index contributed by atoms with van der Waals surface area (Å²) in [6.45, 7) is 0.640. The van der Waals surface area contributed by atoms with Crippen molar-refractivity contribution in [2.45, 2.75) is 50.5 Å². The van der Waals surface area contributed by atoms with E-state index in [9.17, 15) is 18.0 Å². The standard InChI is InChI=1S/C15H16F3NO/c16-15(17,18)11-3-1-10(2-4-11)9-19-12-5-6-13(19)8-14(20)7-12/h1-4,12-13H,5-9H2. The molecule has 1 aromatic carbocycles. The molecule has 2 nitrogen and oxygen atoms in total. The van der Waals surface area contributed by atoms with Gasteiger partial charge < -0.3 is 0 Å². The smallest absolute Gasteiger partial charge is 0.300 e. The normalized spacial score (nSPS) is 27.1.